The van der Waals surface area contributed by atoms with Crippen molar-refractivity contribution in [1.82, 2.24) is 14.7 Å². The molecule has 2 aromatic carbocycles. The molecule has 3 heterocycles. The lowest BCUT2D eigenvalue weighted by Gasteiger charge is -2.37. The molecule has 7 rings (SSSR count). The number of hydrogen-bond donors (Lipinski definition) is 0. The van der Waals surface area contributed by atoms with Crippen molar-refractivity contribution in [3.63, 3.8) is 0 Å². The minimum Gasteiger partial charge on any atom is -0.369 e. The van der Waals surface area contributed by atoms with E-state index in [9.17, 15) is 8.78 Å². The molecule has 2 saturated heterocycles. The van der Waals surface area contributed by atoms with Crippen LogP contribution in [-0.4, -0.2) is 60.5 Å². The van der Waals surface area contributed by atoms with Crippen LogP contribution in [0.3, 0.4) is 0 Å². The number of piperidine rings is 1. The third kappa shape index (κ3) is 5.00. The summed E-state index contributed by atoms with van der Waals surface area (Å²) in [7, 11) is 0. The first-order valence-corrected chi connectivity index (χ1v) is 15.2. The van der Waals surface area contributed by atoms with Crippen molar-refractivity contribution in [2.75, 3.05) is 55.6 Å². The van der Waals surface area contributed by atoms with Crippen LogP contribution >= 0.6 is 11.6 Å². The van der Waals surface area contributed by atoms with Gasteiger partial charge in [0.25, 0.3) is 6.43 Å². The highest BCUT2D eigenvalue weighted by molar-refractivity contribution is 6.31. The Balaban J connectivity index is 1.06. The number of nitrogens with zero attached hydrogens (tertiary/aromatic N) is 5. The van der Waals surface area contributed by atoms with E-state index in [0.29, 0.717) is 17.1 Å². The van der Waals surface area contributed by atoms with E-state index >= 15 is 0 Å². The van der Waals surface area contributed by atoms with Gasteiger partial charge in [-0.15, -0.1) is 0 Å². The zero-order valence-corrected chi connectivity index (χ0v) is 24.0. The van der Waals surface area contributed by atoms with Gasteiger partial charge in [0.2, 0.25) is 0 Å². The molecule has 0 radical (unpaired) electrons. The van der Waals surface area contributed by atoms with E-state index in [1.54, 1.807) is 17.8 Å². The molecule has 3 aromatic rings. The molecule has 8 heteroatoms. The van der Waals surface area contributed by atoms with Crippen molar-refractivity contribution in [2.45, 2.75) is 51.5 Å². The largest absolute Gasteiger partial charge is 0.369 e. The Labute approximate surface area is 240 Å². The van der Waals surface area contributed by atoms with Crippen LogP contribution in [0.5, 0.6) is 0 Å². The van der Waals surface area contributed by atoms with Gasteiger partial charge in [-0.25, -0.2) is 8.78 Å². The van der Waals surface area contributed by atoms with E-state index in [4.69, 9.17) is 11.6 Å². The third-order valence-electron chi connectivity index (χ3n) is 9.92. The maximum Gasteiger partial charge on any atom is 0.280 e. The fraction of sp³-hybridized carbons (Fsp3) is 0.531. The lowest BCUT2D eigenvalue weighted by molar-refractivity contribution is 0.133. The molecule has 4 fully saturated rings. The first-order chi connectivity index (χ1) is 19.4. The molecule has 212 valence electrons. The number of hydrogen-bond acceptors (Lipinski definition) is 4. The van der Waals surface area contributed by atoms with Crippen molar-refractivity contribution in [3.05, 3.63) is 64.9 Å². The molecule has 5 nitrogen and oxygen atoms in total. The molecule has 2 aliphatic carbocycles. The van der Waals surface area contributed by atoms with Crippen LogP contribution in [0.2, 0.25) is 5.02 Å². The van der Waals surface area contributed by atoms with E-state index in [2.05, 4.69) is 50.1 Å². The van der Waals surface area contributed by atoms with Crippen LogP contribution in [-0.2, 0) is 0 Å². The number of rotatable bonds is 7. The molecule has 2 aliphatic heterocycles. The summed E-state index contributed by atoms with van der Waals surface area (Å²) in [5, 5.41) is 5.03. The Morgan fingerprint density at radius 3 is 2.48 bits per heavy atom. The maximum atomic E-state index is 13.8. The molecule has 0 N–H and O–H groups in total. The van der Waals surface area contributed by atoms with Gasteiger partial charge in [0.05, 0.1) is 12.2 Å². The molecule has 0 bridgehead atoms. The van der Waals surface area contributed by atoms with Crippen molar-refractivity contribution in [2.24, 2.45) is 11.3 Å². The van der Waals surface area contributed by atoms with E-state index < -0.39 is 6.43 Å². The summed E-state index contributed by atoms with van der Waals surface area (Å²) in [4.78, 5) is 7.47. The molecule has 1 aromatic heterocycles. The van der Waals surface area contributed by atoms with E-state index in [-0.39, 0.29) is 11.7 Å². The Morgan fingerprint density at radius 2 is 1.77 bits per heavy atom. The van der Waals surface area contributed by atoms with Crippen molar-refractivity contribution in [3.8, 4) is 11.1 Å². The van der Waals surface area contributed by atoms with E-state index in [1.165, 1.54) is 31.5 Å². The summed E-state index contributed by atoms with van der Waals surface area (Å²) in [5.41, 5.74) is 5.95. The number of benzene rings is 2. The summed E-state index contributed by atoms with van der Waals surface area (Å²) in [6, 6.07) is 14.8. The Kier molecular flexibility index (Phi) is 6.78. The van der Waals surface area contributed by atoms with Crippen LogP contribution in [0.25, 0.3) is 11.1 Å². The SMILES string of the molecule is Cc1cnn(C2CCCN(c3cc(Cl)ccc3-c3ccc(N4CCN(CC5CC56CC6)CC4)cc3)C2)c1C(F)F. The normalized spacial score (nSPS) is 24.2. The van der Waals surface area contributed by atoms with Gasteiger partial charge in [0.1, 0.15) is 5.69 Å². The van der Waals surface area contributed by atoms with Gasteiger partial charge in [-0.1, -0.05) is 29.8 Å². The Bertz CT molecular complexity index is 1360. The zero-order valence-electron chi connectivity index (χ0n) is 23.2. The summed E-state index contributed by atoms with van der Waals surface area (Å²) >= 11 is 6.49. The van der Waals surface area contributed by atoms with Crippen LogP contribution in [0.1, 0.15) is 55.8 Å². The van der Waals surface area contributed by atoms with Crippen LogP contribution in [0.15, 0.2) is 48.7 Å². The summed E-state index contributed by atoms with van der Waals surface area (Å²) in [5.74, 6) is 0.970. The first kappa shape index (κ1) is 26.3. The molecule has 40 heavy (non-hydrogen) atoms. The highest BCUT2D eigenvalue weighted by Crippen LogP contribution is 2.70. The smallest absolute Gasteiger partial charge is 0.280 e. The monoisotopic (exact) mass is 565 g/mol. The number of alkyl halides is 2. The van der Waals surface area contributed by atoms with E-state index in [1.807, 2.05) is 12.1 Å². The fourth-order valence-electron chi connectivity index (χ4n) is 7.22. The average Bonchev–Trinajstić information content (AvgIpc) is 3.85. The fourth-order valence-corrected chi connectivity index (χ4v) is 7.39. The summed E-state index contributed by atoms with van der Waals surface area (Å²) < 4.78 is 29.2. The zero-order chi connectivity index (χ0) is 27.4. The lowest BCUT2D eigenvalue weighted by atomic mass is 9.99. The average molecular weight is 566 g/mol. The maximum absolute atomic E-state index is 13.8. The number of aromatic nitrogens is 2. The highest BCUT2D eigenvalue weighted by Gasteiger charge is 2.62. The van der Waals surface area contributed by atoms with Crippen LogP contribution in [0.4, 0.5) is 20.2 Å². The molecular weight excluding hydrogens is 528 g/mol. The van der Waals surface area contributed by atoms with Crippen LogP contribution in [0, 0.1) is 18.3 Å². The van der Waals surface area contributed by atoms with Crippen LogP contribution < -0.4 is 9.80 Å². The second-order valence-electron chi connectivity index (χ2n) is 12.5. The minimum absolute atomic E-state index is 0.0361. The number of aryl methyl sites for hydroxylation is 1. The predicted molar refractivity (Wildman–Crippen MR) is 158 cm³/mol. The van der Waals surface area contributed by atoms with Gasteiger partial charge in [-0.2, -0.15) is 5.10 Å². The topological polar surface area (TPSA) is 27.5 Å². The Hall–Kier alpha value is -2.64. The standard InChI is InChI=1S/C32H38ClF2N5/c1-22-19-36-40(30(22)31(34)35)27-3-2-12-39(21-27)29-17-25(33)6-9-28(29)23-4-7-26(8-5-23)38-15-13-37(14-16-38)20-24-18-32(24)10-11-32/h4-9,17,19,24,27,31H,2-3,10-16,18,20-21H2,1H3. The number of anilines is 2. The number of halogens is 3. The van der Waals surface area contributed by atoms with Crippen molar-refractivity contribution < 1.29 is 8.78 Å². The third-order valence-corrected chi connectivity index (χ3v) is 10.2. The molecule has 4 aliphatic rings. The van der Waals surface area contributed by atoms with Gasteiger partial charge in [0.15, 0.2) is 0 Å². The van der Waals surface area contributed by atoms with Gasteiger partial charge in [-0.05, 0) is 85.8 Å². The summed E-state index contributed by atoms with van der Waals surface area (Å²) in [6.07, 6.45) is 5.18. The quantitative estimate of drug-likeness (QED) is 0.302. The van der Waals surface area contributed by atoms with Gasteiger partial charge >= 0.3 is 0 Å². The molecule has 2 unspecified atom stereocenters. The first-order valence-electron chi connectivity index (χ1n) is 14.8. The molecule has 1 spiro atoms. The molecular formula is C32H38ClF2N5. The second-order valence-corrected chi connectivity index (χ2v) is 12.9. The van der Waals surface area contributed by atoms with Gasteiger partial charge in [0, 0.05) is 67.8 Å². The number of piperazine rings is 1. The van der Waals surface area contributed by atoms with E-state index in [0.717, 1.165) is 73.7 Å². The summed E-state index contributed by atoms with van der Waals surface area (Å²) in [6.45, 7) is 8.94. The van der Waals surface area contributed by atoms with Gasteiger partial charge in [-0.3, -0.25) is 9.58 Å². The molecule has 2 saturated carbocycles. The second kappa shape index (κ2) is 10.3. The highest BCUT2D eigenvalue weighted by atomic mass is 35.5. The molecule has 2 atom stereocenters. The minimum atomic E-state index is -2.53. The predicted octanol–water partition coefficient (Wildman–Crippen LogP) is 7.21. The molecule has 0 amide bonds. The Morgan fingerprint density at radius 1 is 1.00 bits per heavy atom. The van der Waals surface area contributed by atoms with Gasteiger partial charge < -0.3 is 9.80 Å². The van der Waals surface area contributed by atoms with Crippen molar-refractivity contribution >= 4 is 23.0 Å². The lowest BCUT2D eigenvalue weighted by Crippen LogP contribution is -2.47. The van der Waals surface area contributed by atoms with Crippen molar-refractivity contribution in [1.29, 1.82) is 0 Å².